The van der Waals surface area contributed by atoms with Crippen LogP contribution in [0.2, 0.25) is 0 Å². The molecule has 0 spiro atoms. The molecule has 0 bridgehead atoms. The third-order valence-corrected chi connectivity index (χ3v) is 2.06. The van der Waals surface area contributed by atoms with Crippen molar-refractivity contribution >= 4 is 16.9 Å². The lowest BCUT2D eigenvalue weighted by atomic mass is 10.3. The van der Waals surface area contributed by atoms with Gasteiger partial charge in [-0.05, 0) is 19.1 Å². The van der Waals surface area contributed by atoms with Crippen LogP contribution in [0.15, 0.2) is 35.3 Å². The van der Waals surface area contributed by atoms with E-state index in [9.17, 15) is 4.79 Å². The molecule has 0 fully saturated rings. The van der Waals surface area contributed by atoms with Crippen LogP contribution in [0.3, 0.4) is 0 Å². The minimum Gasteiger partial charge on any atom is -0.366 e. The Morgan fingerprint density at radius 2 is 2.44 bits per heavy atom. The first-order chi connectivity index (χ1) is 7.66. The Morgan fingerprint density at radius 1 is 1.62 bits per heavy atom. The molecule has 2 rings (SSSR count). The zero-order valence-electron chi connectivity index (χ0n) is 8.95. The first kappa shape index (κ1) is 10.4. The summed E-state index contributed by atoms with van der Waals surface area (Å²) in [6.07, 6.45) is 1.63. The van der Waals surface area contributed by atoms with Crippen LogP contribution in [0.1, 0.15) is 6.92 Å². The molecule has 0 atom stereocenters. The van der Waals surface area contributed by atoms with Crippen molar-refractivity contribution in [3.05, 3.63) is 41.0 Å². The third kappa shape index (κ3) is 2.08. The van der Waals surface area contributed by atoms with Crippen LogP contribution in [0.5, 0.6) is 0 Å². The van der Waals surface area contributed by atoms with E-state index in [1.165, 1.54) is 0 Å². The van der Waals surface area contributed by atoms with E-state index in [4.69, 9.17) is 0 Å². The Labute approximate surface area is 92.3 Å². The number of pyridine rings is 1. The van der Waals surface area contributed by atoms with Gasteiger partial charge >= 0.3 is 5.69 Å². The van der Waals surface area contributed by atoms with Crippen molar-refractivity contribution in [2.45, 2.75) is 6.92 Å². The third-order valence-electron chi connectivity index (χ3n) is 2.06. The summed E-state index contributed by atoms with van der Waals surface area (Å²) < 4.78 is 0. The minimum atomic E-state index is -0.407. The normalized spacial score (nSPS) is 10.3. The van der Waals surface area contributed by atoms with E-state index in [2.05, 4.69) is 26.8 Å². The lowest BCUT2D eigenvalue weighted by molar-refractivity contribution is 1.07. The molecule has 16 heavy (non-hydrogen) atoms. The maximum Gasteiger partial charge on any atom is 0.348 e. The molecule has 0 unspecified atom stereocenters. The highest BCUT2D eigenvalue weighted by atomic mass is 16.1. The van der Waals surface area contributed by atoms with Crippen molar-refractivity contribution < 1.29 is 0 Å². The molecule has 0 aliphatic rings. The molecule has 82 valence electrons. The van der Waals surface area contributed by atoms with Crippen molar-refractivity contribution in [2.24, 2.45) is 0 Å². The zero-order valence-corrected chi connectivity index (χ0v) is 8.95. The number of hydrogen-bond donors (Lipinski definition) is 2. The molecule has 0 saturated heterocycles. The van der Waals surface area contributed by atoms with Gasteiger partial charge in [-0.15, -0.1) is 0 Å². The van der Waals surface area contributed by atoms with Gasteiger partial charge in [-0.2, -0.15) is 4.98 Å². The van der Waals surface area contributed by atoms with Crippen LogP contribution < -0.4 is 11.0 Å². The van der Waals surface area contributed by atoms with E-state index in [1.54, 1.807) is 12.3 Å². The van der Waals surface area contributed by atoms with Crippen LogP contribution in [0.25, 0.3) is 11.0 Å². The smallest absolute Gasteiger partial charge is 0.348 e. The number of H-pyrrole nitrogens is 1. The molecule has 0 radical (unpaired) electrons. The van der Waals surface area contributed by atoms with Gasteiger partial charge in [0.1, 0.15) is 11.5 Å². The van der Waals surface area contributed by atoms with Crippen LogP contribution in [-0.4, -0.2) is 21.5 Å². The molecule has 0 aromatic carbocycles. The average molecular weight is 216 g/mol. The highest BCUT2D eigenvalue weighted by Crippen LogP contribution is 2.14. The second kappa shape index (κ2) is 4.14. The van der Waals surface area contributed by atoms with Crippen molar-refractivity contribution in [1.29, 1.82) is 0 Å². The summed E-state index contributed by atoms with van der Waals surface area (Å²) in [5.41, 5.74) is 1.10. The molecule has 2 heterocycles. The summed E-state index contributed by atoms with van der Waals surface area (Å²) in [5.74, 6) is 0.537. The summed E-state index contributed by atoms with van der Waals surface area (Å²) in [6.45, 7) is 6.27. The van der Waals surface area contributed by atoms with Crippen LogP contribution >= 0.6 is 0 Å². The van der Waals surface area contributed by atoms with E-state index in [0.717, 1.165) is 11.0 Å². The van der Waals surface area contributed by atoms with Crippen molar-refractivity contribution in [3.8, 4) is 0 Å². The summed E-state index contributed by atoms with van der Waals surface area (Å²) in [6, 6.07) is 3.65. The van der Waals surface area contributed by atoms with Gasteiger partial charge in [-0.25, -0.2) is 9.78 Å². The molecule has 0 amide bonds. The van der Waals surface area contributed by atoms with E-state index in [0.29, 0.717) is 18.0 Å². The molecular formula is C11H12N4O. The van der Waals surface area contributed by atoms with Crippen LogP contribution in [-0.2, 0) is 0 Å². The molecule has 0 aliphatic heterocycles. The van der Waals surface area contributed by atoms with Crippen molar-refractivity contribution in [1.82, 2.24) is 15.0 Å². The standard InChI is InChI=1S/C11H12N4O/c1-7(2)6-13-10-8-4-3-5-12-9(8)14-11(16)15-10/h3-5H,1,6H2,2H3,(H2,12,13,14,15,16). The van der Waals surface area contributed by atoms with Gasteiger partial charge in [0.2, 0.25) is 0 Å². The van der Waals surface area contributed by atoms with Crippen molar-refractivity contribution in [3.63, 3.8) is 0 Å². The molecule has 5 heteroatoms. The fourth-order valence-electron chi connectivity index (χ4n) is 1.36. The fraction of sp³-hybridized carbons (Fsp3) is 0.182. The number of nitrogens with zero attached hydrogens (tertiary/aromatic N) is 2. The van der Waals surface area contributed by atoms with Crippen LogP contribution in [0.4, 0.5) is 5.82 Å². The largest absolute Gasteiger partial charge is 0.366 e. The van der Waals surface area contributed by atoms with E-state index in [-0.39, 0.29) is 0 Å². The van der Waals surface area contributed by atoms with Gasteiger partial charge in [0.15, 0.2) is 0 Å². The molecule has 5 nitrogen and oxygen atoms in total. The second-order valence-corrected chi connectivity index (χ2v) is 3.60. The number of fused-ring (bicyclic) bond motifs is 1. The number of anilines is 1. The van der Waals surface area contributed by atoms with E-state index >= 15 is 0 Å². The minimum absolute atomic E-state index is 0.407. The Hall–Kier alpha value is -2.17. The highest BCUT2D eigenvalue weighted by molar-refractivity contribution is 5.85. The topological polar surface area (TPSA) is 70.7 Å². The summed E-state index contributed by atoms with van der Waals surface area (Å²) in [5, 5.41) is 3.85. The molecule has 2 aromatic heterocycles. The van der Waals surface area contributed by atoms with Gasteiger partial charge in [-0.1, -0.05) is 12.2 Å². The fourth-order valence-corrected chi connectivity index (χ4v) is 1.36. The van der Waals surface area contributed by atoms with Crippen LogP contribution in [0, 0.1) is 0 Å². The van der Waals surface area contributed by atoms with Gasteiger partial charge < -0.3 is 5.32 Å². The van der Waals surface area contributed by atoms with E-state index in [1.807, 2.05) is 13.0 Å². The van der Waals surface area contributed by atoms with Gasteiger partial charge in [-0.3, -0.25) is 4.98 Å². The van der Waals surface area contributed by atoms with Crippen molar-refractivity contribution in [2.75, 3.05) is 11.9 Å². The first-order valence-electron chi connectivity index (χ1n) is 4.90. The predicted octanol–water partition coefficient (Wildman–Crippen LogP) is 1.31. The SMILES string of the molecule is C=C(C)CNc1nc(=O)[nH]c2ncccc12. The summed E-state index contributed by atoms with van der Waals surface area (Å²) in [4.78, 5) is 21.8. The molecule has 2 aromatic rings. The highest BCUT2D eigenvalue weighted by Gasteiger charge is 2.04. The van der Waals surface area contributed by atoms with Gasteiger partial charge in [0, 0.05) is 12.7 Å². The average Bonchev–Trinajstić information content (AvgIpc) is 2.25. The Morgan fingerprint density at radius 3 is 3.19 bits per heavy atom. The summed E-state index contributed by atoms with van der Waals surface area (Å²) >= 11 is 0. The van der Waals surface area contributed by atoms with Gasteiger partial charge in [0.05, 0.1) is 5.39 Å². The maximum atomic E-state index is 11.3. The Kier molecular flexibility index (Phi) is 2.68. The molecular weight excluding hydrogens is 204 g/mol. The molecule has 0 aliphatic carbocycles. The number of aromatic amines is 1. The maximum absolute atomic E-state index is 11.3. The Bertz CT molecular complexity index is 588. The predicted molar refractivity (Wildman–Crippen MR) is 63.5 cm³/mol. The number of nitrogens with one attached hydrogen (secondary N) is 2. The quantitative estimate of drug-likeness (QED) is 0.759. The van der Waals surface area contributed by atoms with Gasteiger partial charge in [0.25, 0.3) is 0 Å². The zero-order chi connectivity index (χ0) is 11.5. The number of aromatic nitrogens is 3. The number of rotatable bonds is 3. The lowest BCUT2D eigenvalue weighted by Gasteiger charge is -2.06. The Balaban J connectivity index is 2.50. The lowest BCUT2D eigenvalue weighted by Crippen LogP contribution is -2.15. The molecule has 0 saturated carbocycles. The molecule has 2 N–H and O–H groups in total. The second-order valence-electron chi connectivity index (χ2n) is 3.60. The summed E-state index contributed by atoms with van der Waals surface area (Å²) in [7, 11) is 0. The number of hydrogen-bond acceptors (Lipinski definition) is 4. The van der Waals surface area contributed by atoms with E-state index < -0.39 is 5.69 Å². The monoisotopic (exact) mass is 216 g/mol. The first-order valence-corrected chi connectivity index (χ1v) is 4.90.